The number of ether oxygens (including phenoxy) is 2. The average Bonchev–Trinajstić information content (AvgIpc) is 3.20. The van der Waals surface area contributed by atoms with E-state index in [4.69, 9.17) is 9.47 Å². The fourth-order valence-electron chi connectivity index (χ4n) is 4.72. The van der Waals surface area contributed by atoms with Crippen LogP contribution in [0.1, 0.15) is 69.4 Å². The van der Waals surface area contributed by atoms with Crippen LogP contribution in [0, 0.1) is 18.8 Å². The van der Waals surface area contributed by atoms with E-state index in [2.05, 4.69) is 38.1 Å². The summed E-state index contributed by atoms with van der Waals surface area (Å²) < 4.78 is 10.9. The van der Waals surface area contributed by atoms with Gasteiger partial charge in [0, 0.05) is 32.7 Å². The summed E-state index contributed by atoms with van der Waals surface area (Å²) in [5.41, 5.74) is 2.55. The Balaban J connectivity index is 2.18. The van der Waals surface area contributed by atoms with Crippen molar-refractivity contribution in [2.24, 2.45) is 11.8 Å². The summed E-state index contributed by atoms with van der Waals surface area (Å²) in [6, 6.07) is 8.78. The molecule has 1 N–H and O–H groups in total. The molecule has 0 aromatic heterocycles. The number of amides is 1. The van der Waals surface area contributed by atoms with E-state index in [0.29, 0.717) is 38.6 Å². The lowest BCUT2D eigenvalue weighted by atomic mass is 9.83. The van der Waals surface area contributed by atoms with E-state index >= 15 is 0 Å². The minimum absolute atomic E-state index is 0.0758. The van der Waals surface area contributed by atoms with Crippen LogP contribution < -0.4 is 0 Å². The molecule has 1 aromatic carbocycles. The van der Waals surface area contributed by atoms with Crippen LogP contribution in [-0.2, 0) is 19.1 Å². The normalized spacial score (nSPS) is 17.9. The lowest BCUT2D eigenvalue weighted by Crippen LogP contribution is -2.39. The average molecular weight is 448 g/mol. The molecule has 0 spiro atoms. The molecule has 6 heteroatoms. The first-order chi connectivity index (χ1) is 15.3. The third kappa shape index (κ3) is 8.21. The predicted octanol–water partition coefficient (Wildman–Crippen LogP) is 4.65. The van der Waals surface area contributed by atoms with Gasteiger partial charge in [0.05, 0.1) is 19.1 Å². The maximum atomic E-state index is 12.7. The van der Waals surface area contributed by atoms with Crippen LogP contribution in [0.25, 0.3) is 0 Å². The molecule has 1 aromatic rings. The Hall–Kier alpha value is -1.92. The standard InChI is InChI=1S/C26H41NO5/c1-5-22(23-10-8-19(2)9-11-23)17-24(27-12-6-7-25(27)28)16-21(15-20(3)26(29)30)18-32-14-13-31-4/h8-11,20-22,24H,5-7,12-18H2,1-4H3,(H,29,30). The highest BCUT2D eigenvalue weighted by Gasteiger charge is 2.32. The Morgan fingerprint density at radius 1 is 1.16 bits per heavy atom. The zero-order valence-corrected chi connectivity index (χ0v) is 20.2. The van der Waals surface area contributed by atoms with Gasteiger partial charge in [-0.25, -0.2) is 0 Å². The SMILES string of the molecule is CCC(CC(CC(COCCOC)CC(C)C(=O)O)N1CCCC1=O)c1ccc(C)cc1. The monoisotopic (exact) mass is 447 g/mol. The van der Waals surface area contributed by atoms with E-state index in [9.17, 15) is 14.7 Å². The molecule has 1 aliphatic heterocycles. The Labute approximate surface area is 193 Å². The van der Waals surface area contributed by atoms with Gasteiger partial charge in [-0.1, -0.05) is 43.7 Å². The number of nitrogens with zero attached hydrogens (tertiary/aromatic N) is 1. The maximum absolute atomic E-state index is 12.7. The Morgan fingerprint density at radius 3 is 2.44 bits per heavy atom. The van der Waals surface area contributed by atoms with Crippen molar-refractivity contribution < 1.29 is 24.2 Å². The number of carboxylic acid groups (broad SMARTS) is 1. The van der Waals surface area contributed by atoms with Gasteiger partial charge in [0.25, 0.3) is 0 Å². The highest BCUT2D eigenvalue weighted by molar-refractivity contribution is 5.78. The van der Waals surface area contributed by atoms with Gasteiger partial charge in [-0.05, 0) is 56.4 Å². The van der Waals surface area contributed by atoms with Gasteiger partial charge >= 0.3 is 5.97 Å². The van der Waals surface area contributed by atoms with E-state index < -0.39 is 11.9 Å². The first-order valence-corrected chi connectivity index (χ1v) is 12.0. The zero-order valence-electron chi connectivity index (χ0n) is 20.2. The quantitative estimate of drug-likeness (QED) is 0.396. The number of carbonyl (C=O) groups excluding carboxylic acids is 1. The number of rotatable bonds is 15. The molecule has 180 valence electrons. The van der Waals surface area contributed by atoms with E-state index in [1.54, 1.807) is 14.0 Å². The summed E-state index contributed by atoms with van der Waals surface area (Å²) in [6.07, 6.45) is 4.71. The minimum atomic E-state index is -0.785. The number of hydrogen-bond donors (Lipinski definition) is 1. The van der Waals surface area contributed by atoms with Gasteiger partial charge in [-0.2, -0.15) is 0 Å². The molecular weight excluding hydrogens is 406 g/mol. The lowest BCUT2D eigenvalue weighted by Gasteiger charge is -2.34. The number of methoxy groups -OCH3 is 1. The first kappa shape index (κ1) is 26.3. The second-order valence-corrected chi connectivity index (χ2v) is 9.24. The number of carboxylic acids is 1. The highest BCUT2D eigenvalue weighted by Crippen LogP contribution is 2.33. The third-order valence-electron chi connectivity index (χ3n) is 6.65. The third-order valence-corrected chi connectivity index (χ3v) is 6.65. The van der Waals surface area contributed by atoms with Crippen LogP contribution in [0.3, 0.4) is 0 Å². The topological polar surface area (TPSA) is 76.1 Å². The molecule has 1 heterocycles. The number of aryl methyl sites for hydroxylation is 1. The van der Waals surface area contributed by atoms with Crippen LogP contribution in [0.2, 0.25) is 0 Å². The van der Waals surface area contributed by atoms with Crippen LogP contribution in [0.5, 0.6) is 0 Å². The lowest BCUT2D eigenvalue weighted by molar-refractivity contribution is -0.142. The molecule has 2 rings (SSSR count). The molecule has 1 aliphatic rings. The van der Waals surface area contributed by atoms with E-state index in [0.717, 1.165) is 32.2 Å². The summed E-state index contributed by atoms with van der Waals surface area (Å²) in [5.74, 6) is -0.571. The van der Waals surface area contributed by atoms with Gasteiger partial charge in [0.2, 0.25) is 5.91 Å². The van der Waals surface area contributed by atoms with Gasteiger partial charge < -0.3 is 19.5 Å². The van der Waals surface area contributed by atoms with Crippen molar-refractivity contribution in [3.05, 3.63) is 35.4 Å². The van der Waals surface area contributed by atoms with E-state index in [1.165, 1.54) is 11.1 Å². The smallest absolute Gasteiger partial charge is 0.306 e. The Bertz CT molecular complexity index is 705. The molecule has 6 nitrogen and oxygen atoms in total. The largest absolute Gasteiger partial charge is 0.481 e. The van der Waals surface area contributed by atoms with Crippen molar-refractivity contribution >= 4 is 11.9 Å². The molecule has 32 heavy (non-hydrogen) atoms. The molecule has 1 fully saturated rings. The fourth-order valence-corrected chi connectivity index (χ4v) is 4.72. The zero-order chi connectivity index (χ0) is 23.5. The molecule has 0 saturated carbocycles. The van der Waals surface area contributed by atoms with Crippen molar-refractivity contribution in [1.29, 1.82) is 0 Å². The minimum Gasteiger partial charge on any atom is -0.481 e. The second kappa shape index (κ2) is 13.6. The van der Waals surface area contributed by atoms with Gasteiger partial charge in [-0.15, -0.1) is 0 Å². The number of hydrogen-bond acceptors (Lipinski definition) is 4. The van der Waals surface area contributed by atoms with E-state index in [1.807, 2.05) is 4.90 Å². The summed E-state index contributed by atoms with van der Waals surface area (Å²) in [6.45, 7) is 8.32. The number of carbonyl (C=O) groups is 2. The van der Waals surface area contributed by atoms with Gasteiger partial charge in [0.15, 0.2) is 0 Å². The Morgan fingerprint density at radius 2 is 1.88 bits per heavy atom. The highest BCUT2D eigenvalue weighted by atomic mass is 16.5. The second-order valence-electron chi connectivity index (χ2n) is 9.24. The molecule has 4 atom stereocenters. The van der Waals surface area contributed by atoms with Crippen molar-refractivity contribution in [2.75, 3.05) is 33.5 Å². The van der Waals surface area contributed by atoms with Crippen molar-refractivity contribution in [3.63, 3.8) is 0 Å². The molecule has 0 aliphatic carbocycles. The number of benzene rings is 1. The van der Waals surface area contributed by atoms with Gasteiger partial charge in [-0.3, -0.25) is 9.59 Å². The van der Waals surface area contributed by atoms with Crippen LogP contribution >= 0.6 is 0 Å². The molecule has 0 radical (unpaired) electrons. The molecular formula is C26H41NO5. The molecule has 4 unspecified atom stereocenters. The van der Waals surface area contributed by atoms with E-state index in [-0.39, 0.29) is 17.9 Å². The fraction of sp³-hybridized carbons (Fsp3) is 0.692. The number of likely N-dealkylation sites (tertiary alicyclic amines) is 1. The van der Waals surface area contributed by atoms with Crippen molar-refractivity contribution in [2.45, 2.75) is 71.3 Å². The first-order valence-electron chi connectivity index (χ1n) is 12.0. The summed E-state index contributed by atoms with van der Waals surface area (Å²) in [5, 5.41) is 9.46. The Kier molecular flexibility index (Phi) is 11.2. The van der Waals surface area contributed by atoms with Gasteiger partial charge in [0.1, 0.15) is 0 Å². The molecule has 1 saturated heterocycles. The summed E-state index contributed by atoms with van der Waals surface area (Å²) in [7, 11) is 1.64. The summed E-state index contributed by atoms with van der Waals surface area (Å²) >= 11 is 0. The van der Waals surface area contributed by atoms with Crippen LogP contribution in [0.15, 0.2) is 24.3 Å². The van der Waals surface area contributed by atoms with Crippen LogP contribution in [0.4, 0.5) is 0 Å². The molecule has 1 amide bonds. The van der Waals surface area contributed by atoms with Crippen molar-refractivity contribution in [3.8, 4) is 0 Å². The molecule has 0 bridgehead atoms. The summed E-state index contributed by atoms with van der Waals surface area (Å²) in [4.78, 5) is 26.2. The maximum Gasteiger partial charge on any atom is 0.306 e. The van der Waals surface area contributed by atoms with Crippen molar-refractivity contribution in [1.82, 2.24) is 4.90 Å². The van der Waals surface area contributed by atoms with Crippen LogP contribution in [-0.4, -0.2) is 61.4 Å². The predicted molar refractivity (Wildman–Crippen MR) is 126 cm³/mol. The number of aliphatic carboxylic acids is 1.